The molecule has 3 aromatic rings. The molecule has 30 heavy (non-hydrogen) atoms. The molecule has 1 aromatic carbocycles. The van der Waals surface area contributed by atoms with Crippen LogP contribution in [0.1, 0.15) is 29.2 Å². The van der Waals surface area contributed by atoms with Gasteiger partial charge in [0.2, 0.25) is 5.91 Å². The van der Waals surface area contributed by atoms with Crippen LogP contribution in [0.4, 0.5) is 0 Å². The Morgan fingerprint density at radius 1 is 1.13 bits per heavy atom. The van der Waals surface area contributed by atoms with E-state index in [1.165, 1.54) is 18.3 Å². The number of amides is 1. The Morgan fingerprint density at radius 3 is 2.50 bits per heavy atom. The van der Waals surface area contributed by atoms with Gasteiger partial charge < -0.3 is 5.32 Å². The van der Waals surface area contributed by atoms with E-state index in [4.69, 9.17) is 11.6 Å². The lowest BCUT2D eigenvalue weighted by molar-refractivity contribution is -0.119. The lowest BCUT2D eigenvalue weighted by atomic mass is 10.1. The van der Waals surface area contributed by atoms with E-state index in [2.05, 4.69) is 5.32 Å². The number of sulfonamides is 1. The fraction of sp³-hybridized carbons (Fsp3) is 0.286. The van der Waals surface area contributed by atoms with Gasteiger partial charge in [0.25, 0.3) is 10.0 Å². The molecular weight excluding hydrogens is 460 g/mol. The number of rotatable bonds is 9. The highest BCUT2D eigenvalue weighted by molar-refractivity contribution is 7.91. The van der Waals surface area contributed by atoms with Crippen LogP contribution in [0.25, 0.3) is 0 Å². The van der Waals surface area contributed by atoms with Gasteiger partial charge in [-0.3, -0.25) is 4.79 Å². The Morgan fingerprint density at radius 2 is 1.87 bits per heavy atom. The molecule has 0 fully saturated rings. The molecular formula is C21H23ClN2O3S3. The fourth-order valence-electron chi connectivity index (χ4n) is 2.99. The number of nitrogens with one attached hydrogen (secondary N) is 1. The Hall–Kier alpha value is -1.71. The summed E-state index contributed by atoms with van der Waals surface area (Å²) in [6.07, 6.45) is 0.634. The molecule has 3 rings (SSSR count). The normalized spacial score (nSPS) is 12.8. The van der Waals surface area contributed by atoms with Crippen LogP contribution in [0.2, 0.25) is 5.02 Å². The predicted molar refractivity (Wildman–Crippen MR) is 124 cm³/mol. The minimum atomic E-state index is -3.72. The van der Waals surface area contributed by atoms with Gasteiger partial charge in [0, 0.05) is 34.3 Å². The first-order valence-corrected chi connectivity index (χ1v) is 12.9. The van der Waals surface area contributed by atoms with Gasteiger partial charge in [0.1, 0.15) is 4.21 Å². The summed E-state index contributed by atoms with van der Waals surface area (Å²) in [5, 5.41) is 5.31. The largest absolute Gasteiger partial charge is 0.351 e. The van der Waals surface area contributed by atoms with Crippen LogP contribution in [0.3, 0.4) is 0 Å². The van der Waals surface area contributed by atoms with Crippen molar-refractivity contribution in [2.75, 3.05) is 0 Å². The van der Waals surface area contributed by atoms with Crippen molar-refractivity contribution in [2.45, 2.75) is 43.6 Å². The van der Waals surface area contributed by atoms with Gasteiger partial charge in [-0.05, 0) is 54.6 Å². The number of halogens is 1. The first kappa shape index (κ1) is 23.0. The third kappa shape index (κ3) is 5.92. The van der Waals surface area contributed by atoms with E-state index in [1.54, 1.807) is 39.9 Å². The number of carbonyl (C=O) groups is 1. The van der Waals surface area contributed by atoms with Crippen LogP contribution < -0.4 is 5.32 Å². The van der Waals surface area contributed by atoms with Crippen molar-refractivity contribution in [1.82, 2.24) is 9.62 Å². The van der Waals surface area contributed by atoms with Gasteiger partial charge >= 0.3 is 0 Å². The molecule has 1 amide bonds. The van der Waals surface area contributed by atoms with Crippen molar-refractivity contribution in [3.8, 4) is 0 Å². The second kappa shape index (κ2) is 10.1. The summed E-state index contributed by atoms with van der Waals surface area (Å²) in [6, 6.07) is 14.3. The van der Waals surface area contributed by atoms with Crippen LogP contribution in [0, 0.1) is 0 Å². The maximum absolute atomic E-state index is 13.6. The predicted octanol–water partition coefficient (Wildman–Crippen LogP) is 4.92. The molecule has 1 atom stereocenters. The molecule has 2 heterocycles. The molecule has 0 aliphatic heterocycles. The number of thiophene rings is 2. The topological polar surface area (TPSA) is 66.5 Å². The molecule has 0 aliphatic rings. The van der Waals surface area contributed by atoms with Gasteiger partial charge in [0.05, 0.1) is 6.54 Å². The van der Waals surface area contributed by atoms with E-state index >= 15 is 0 Å². The summed E-state index contributed by atoms with van der Waals surface area (Å²) in [5.74, 6) is -0.151. The summed E-state index contributed by atoms with van der Waals surface area (Å²) in [5.41, 5.74) is 0.871. The number of hydrogen-bond donors (Lipinski definition) is 1. The Balaban J connectivity index is 1.88. The van der Waals surface area contributed by atoms with E-state index in [9.17, 15) is 13.2 Å². The molecule has 1 N–H and O–H groups in total. The zero-order chi connectivity index (χ0) is 21.7. The smallest absolute Gasteiger partial charge is 0.253 e. The summed E-state index contributed by atoms with van der Waals surface area (Å²) < 4.78 is 28.9. The van der Waals surface area contributed by atoms with Gasteiger partial charge in [-0.25, -0.2) is 8.42 Å². The quantitative estimate of drug-likeness (QED) is 0.470. The molecule has 0 saturated heterocycles. The lowest BCUT2D eigenvalue weighted by Gasteiger charge is -2.28. The minimum Gasteiger partial charge on any atom is -0.351 e. The average molecular weight is 483 g/mol. The highest BCUT2D eigenvalue weighted by Gasteiger charge is 2.31. The molecule has 0 bridgehead atoms. The number of carbonyl (C=O) groups excluding carboxylic acids is 1. The Bertz CT molecular complexity index is 1080. The Kier molecular flexibility index (Phi) is 7.70. The number of nitrogens with zero attached hydrogens (tertiary/aromatic N) is 1. The zero-order valence-electron chi connectivity index (χ0n) is 16.7. The molecule has 160 valence electrons. The van der Waals surface area contributed by atoms with Crippen molar-refractivity contribution in [3.05, 3.63) is 74.3 Å². The van der Waals surface area contributed by atoms with Gasteiger partial charge in [0.15, 0.2) is 0 Å². The van der Waals surface area contributed by atoms with Crippen LogP contribution >= 0.6 is 34.3 Å². The van der Waals surface area contributed by atoms with Gasteiger partial charge in [-0.2, -0.15) is 4.31 Å². The third-order valence-electron chi connectivity index (χ3n) is 4.53. The molecule has 5 nitrogen and oxygen atoms in total. The first-order chi connectivity index (χ1) is 14.3. The minimum absolute atomic E-state index is 0.151. The Labute approximate surface area is 190 Å². The highest BCUT2D eigenvalue weighted by Crippen LogP contribution is 2.29. The van der Waals surface area contributed by atoms with Crippen molar-refractivity contribution in [3.63, 3.8) is 0 Å². The third-order valence-corrected chi connectivity index (χ3v) is 9.19. The van der Waals surface area contributed by atoms with Crippen LogP contribution in [0.5, 0.6) is 0 Å². The second-order valence-corrected chi connectivity index (χ2v) is 11.7. The zero-order valence-corrected chi connectivity index (χ0v) is 19.9. The molecule has 0 radical (unpaired) electrons. The van der Waals surface area contributed by atoms with E-state index < -0.39 is 10.0 Å². The maximum Gasteiger partial charge on any atom is 0.253 e. The molecule has 1 unspecified atom stereocenters. The monoisotopic (exact) mass is 482 g/mol. The standard InChI is InChI=1S/C21H23ClN2O3S3/c1-15(12-19-4-3-11-28-19)24(14-17-5-7-18(22)8-6-17)30(26,27)21-10-9-20(29-21)13-23-16(2)25/h3-11,15H,12-14H2,1-2H3,(H,23,25). The SMILES string of the molecule is CC(=O)NCc1ccc(S(=O)(=O)N(Cc2ccc(Cl)cc2)C(C)Cc2cccs2)s1. The molecule has 0 spiro atoms. The van der Waals surface area contributed by atoms with E-state index in [-0.39, 0.29) is 22.7 Å². The second-order valence-electron chi connectivity index (χ2n) is 6.94. The molecule has 0 aliphatic carbocycles. The maximum atomic E-state index is 13.6. The van der Waals surface area contributed by atoms with Crippen molar-refractivity contribution < 1.29 is 13.2 Å². The van der Waals surface area contributed by atoms with Crippen molar-refractivity contribution in [1.29, 1.82) is 0 Å². The number of benzene rings is 1. The summed E-state index contributed by atoms with van der Waals surface area (Å²) in [6.45, 7) is 3.94. The van der Waals surface area contributed by atoms with E-state index in [0.29, 0.717) is 18.0 Å². The summed E-state index contributed by atoms with van der Waals surface area (Å²) in [4.78, 5) is 13.1. The molecule has 9 heteroatoms. The van der Waals surface area contributed by atoms with E-state index in [1.807, 2.05) is 36.6 Å². The van der Waals surface area contributed by atoms with Gasteiger partial charge in [-0.1, -0.05) is 29.8 Å². The van der Waals surface area contributed by atoms with Crippen LogP contribution in [-0.2, 0) is 34.3 Å². The van der Waals surface area contributed by atoms with Crippen LogP contribution in [0.15, 0.2) is 58.1 Å². The summed E-state index contributed by atoms with van der Waals surface area (Å²) >= 11 is 8.79. The van der Waals surface area contributed by atoms with Crippen LogP contribution in [-0.4, -0.2) is 24.7 Å². The fourth-order valence-corrected chi connectivity index (χ4v) is 6.98. The first-order valence-electron chi connectivity index (χ1n) is 9.37. The average Bonchev–Trinajstić information content (AvgIpc) is 3.37. The molecule has 0 saturated carbocycles. The van der Waals surface area contributed by atoms with Crippen molar-refractivity contribution >= 4 is 50.2 Å². The van der Waals surface area contributed by atoms with Gasteiger partial charge in [-0.15, -0.1) is 22.7 Å². The highest BCUT2D eigenvalue weighted by atomic mass is 35.5. The summed E-state index contributed by atoms with van der Waals surface area (Å²) in [7, 11) is -3.72. The van der Waals surface area contributed by atoms with Crippen molar-refractivity contribution in [2.24, 2.45) is 0 Å². The lowest BCUT2D eigenvalue weighted by Crippen LogP contribution is -2.38. The number of hydrogen-bond acceptors (Lipinski definition) is 5. The molecule has 2 aromatic heterocycles. The van der Waals surface area contributed by atoms with E-state index in [0.717, 1.165) is 15.3 Å².